The van der Waals surface area contributed by atoms with E-state index in [2.05, 4.69) is 213 Å². The van der Waals surface area contributed by atoms with Crippen molar-refractivity contribution in [1.82, 2.24) is 9.55 Å². The molecule has 1 heterocycles. The molecule has 9 rings (SSSR count). The van der Waals surface area contributed by atoms with Gasteiger partial charge in [0.1, 0.15) is 124 Å². The molecule has 17 heteroatoms. The summed E-state index contributed by atoms with van der Waals surface area (Å²) in [5.41, 5.74) is 32.6. The van der Waals surface area contributed by atoms with Crippen LogP contribution in [-0.2, 0) is 0 Å². The molecular weight excluding hydrogens is 731 g/mol. The van der Waals surface area contributed by atoms with Crippen molar-refractivity contribution in [3.05, 3.63) is 91.0 Å². The highest BCUT2D eigenvalue weighted by atomic mass is 15.1. The molecule has 0 saturated carbocycles. The molecule has 0 radical (unpaired) electrons. The zero-order valence-electron chi connectivity index (χ0n) is 39.6. The molecule has 0 aliphatic rings. The first-order chi connectivity index (χ1) is 29.5. The van der Waals surface area contributed by atoms with Gasteiger partial charge in [-0.05, 0) is 73.1 Å². The Morgan fingerprint density at radius 1 is 0.306 bits per heavy atom. The van der Waals surface area contributed by atoms with Crippen LogP contribution in [0.1, 0.15) is 0 Å². The number of hydrogen-bond acceptors (Lipinski definition) is 1. The fourth-order valence-corrected chi connectivity index (χ4v) is 10.8. The Morgan fingerprint density at radius 2 is 0.710 bits per heavy atom. The van der Waals surface area contributed by atoms with Gasteiger partial charge in [-0.3, -0.25) is 4.57 Å². The average Bonchev–Trinajstić information content (AvgIpc) is 3.66. The molecular formula is C45H45B15N2. The van der Waals surface area contributed by atoms with Gasteiger partial charge in [0.2, 0.25) is 0 Å². The van der Waals surface area contributed by atoms with Crippen molar-refractivity contribution in [2.45, 2.75) is 0 Å². The molecule has 0 amide bonds. The van der Waals surface area contributed by atoms with Crippen molar-refractivity contribution in [3.8, 4) is 50.5 Å². The van der Waals surface area contributed by atoms with Gasteiger partial charge in [0.05, 0.1) is 11.0 Å². The molecule has 0 unspecified atom stereocenters. The number of benzene rings is 8. The van der Waals surface area contributed by atoms with Crippen molar-refractivity contribution in [3.63, 3.8) is 0 Å². The summed E-state index contributed by atoms with van der Waals surface area (Å²) >= 11 is 0. The summed E-state index contributed by atoms with van der Waals surface area (Å²) in [5, 5.41) is 5.11. The smallest absolute Gasteiger partial charge is 0.145 e. The second-order valence-electron chi connectivity index (χ2n) is 18.4. The van der Waals surface area contributed by atoms with E-state index < -0.39 is 0 Å². The van der Waals surface area contributed by atoms with E-state index in [1.54, 1.807) is 0 Å². The summed E-state index contributed by atoms with van der Waals surface area (Å²) in [6, 6.07) is 34.2. The van der Waals surface area contributed by atoms with Gasteiger partial charge < -0.3 is 0 Å². The Morgan fingerprint density at radius 3 is 1.26 bits per heavy atom. The largest absolute Gasteiger partial charge is 0.294 e. The molecule has 0 aliphatic carbocycles. The standard InChI is InChI=1S/C45H45B15N2/c46-29-26(30(47)34(51)37(54)33(29)50)18-13-14-21-22(15-18)27(28-31(48)35(52)38(55)36(53)32(28)49)20-6-2-1-5-19(20)25(21)16-9-11-17(12-10-16)45-61-23-7-3-4-8-24(23)62(45)44-42(59)40(57)39(56)41(58)43(44)60/h1-15H,46-60H2. The van der Waals surface area contributed by atoms with Gasteiger partial charge in [0.15, 0.2) is 0 Å². The zero-order valence-corrected chi connectivity index (χ0v) is 39.6. The van der Waals surface area contributed by atoms with E-state index in [4.69, 9.17) is 4.98 Å². The minimum absolute atomic E-state index is 0.965. The van der Waals surface area contributed by atoms with Crippen LogP contribution >= 0.6 is 0 Å². The summed E-state index contributed by atoms with van der Waals surface area (Å²) in [4.78, 5) is 5.34. The monoisotopic (exact) mass is 778 g/mol. The van der Waals surface area contributed by atoms with Crippen molar-refractivity contribution >= 4 is 232 Å². The van der Waals surface area contributed by atoms with E-state index in [9.17, 15) is 0 Å². The van der Waals surface area contributed by atoms with E-state index in [0.717, 1.165) is 22.4 Å². The Kier molecular flexibility index (Phi) is 10.5. The number of hydrogen-bond donors (Lipinski definition) is 0. The maximum Gasteiger partial charge on any atom is 0.145 e. The second-order valence-corrected chi connectivity index (χ2v) is 18.4. The number of nitrogens with zero attached hydrogens (tertiary/aromatic N) is 2. The maximum absolute atomic E-state index is 5.34. The highest BCUT2D eigenvalue weighted by molar-refractivity contribution is 6.71. The lowest BCUT2D eigenvalue weighted by Crippen LogP contribution is -2.56. The summed E-state index contributed by atoms with van der Waals surface area (Å²) in [5.74, 6) is 0.965. The molecule has 0 fully saturated rings. The third-order valence-electron chi connectivity index (χ3n) is 15.7. The topological polar surface area (TPSA) is 17.8 Å². The van der Waals surface area contributed by atoms with Gasteiger partial charge in [-0.15, -0.1) is 38.2 Å². The van der Waals surface area contributed by atoms with Gasteiger partial charge in [0, 0.05) is 11.3 Å². The highest BCUT2D eigenvalue weighted by Gasteiger charge is 2.24. The van der Waals surface area contributed by atoms with Crippen LogP contribution in [0.5, 0.6) is 0 Å². The molecule has 280 valence electrons. The molecule has 0 bridgehead atoms. The normalized spacial score (nSPS) is 11.5. The SMILES string of the molecule is Bc1c(B)c(B)c(-c2ccc3c(-c4ccc(-c5nc6ccccc6n5-c5c(B)c(B)c(B)c(B)c5B)cc4)c4ccccc4c(-c4c(B)c(B)c(B)c(B)c4B)c3c2)c(B)c1B. The second kappa shape index (κ2) is 15.5. The quantitative estimate of drug-likeness (QED) is 0.126. The van der Waals surface area contributed by atoms with Gasteiger partial charge >= 0.3 is 0 Å². The molecule has 9 aromatic rings. The molecule has 62 heavy (non-hydrogen) atoms. The predicted molar refractivity (Wildman–Crippen MR) is 320 cm³/mol. The van der Waals surface area contributed by atoms with Crippen LogP contribution in [0.15, 0.2) is 91.0 Å². The minimum atomic E-state index is 0.965. The molecule has 0 atom stereocenters. The van der Waals surface area contributed by atoms with Crippen molar-refractivity contribution < 1.29 is 0 Å². The minimum Gasteiger partial charge on any atom is -0.294 e. The van der Waals surface area contributed by atoms with Crippen LogP contribution in [0.3, 0.4) is 0 Å². The van der Waals surface area contributed by atoms with Crippen LogP contribution in [0.25, 0.3) is 83.0 Å². The summed E-state index contributed by atoms with van der Waals surface area (Å²) in [6.45, 7) is 0. The molecule has 0 aliphatic heterocycles. The fraction of sp³-hybridized carbons (Fsp3) is 0. The van der Waals surface area contributed by atoms with Gasteiger partial charge in [-0.1, -0.05) is 116 Å². The molecule has 8 aromatic carbocycles. The first kappa shape index (κ1) is 42.0. The van der Waals surface area contributed by atoms with Gasteiger partial charge in [0.25, 0.3) is 0 Å². The maximum atomic E-state index is 5.34. The van der Waals surface area contributed by atoms with Crippen LogP contribution in [-0.4, -0.2) is 127 Å². The van der Waals surface area contributed by atoms with Crippen molar-refractivity contribution in [1.29, 1.82) is 0 Å². The molecule has 0 spiro atoms. The van der Waals surface area contributed by atoms with Crippen LogP contribution in [0, 0.1) is 0 Å². The Bertz CT molecular complexity index is 3330. The van der Waals surface area contributed by atoms with E-state index >= 15 is 0 Å². The summed E-state index contributed by atoms with van der Waals surface area (Å²) in [6.07, 6.45) is 0. The fourth-order valence-electron chi connectivity index (χ4n) is 10.8. The molecule has 2 nitrogen and oxygen atoms in total. The van der Waals surface area contributed by atoms with E-state index in [-0.39, 0.29) is 0 Å². The molecule has 0 N–H and O–H groups in total. The third-order valence-corrected chi connectivity index (χ3v) is 15.7. The van der Waals surface area contributed by atoms with Crippen molar-refractivity contribution in [2.24, 2.45) is 0 Å². The van der Waals surface area contributed by atoms with Crippen molar-refractivity contribution in [2.75, 3.05) is 0 Å². The summed E-state index contributed by atoms with van der Waals surface area (Å²) in [7, 11) is 34.3. The number of imidazole rings is 1. The highest BCUT2D eigenvalue weighted by Crippen LogP contribution is 2.44. The summed E-state index contributed by atoms with van der Waals surface area (Å²) < 4.78 is 2.41. The van der Waals surface area contributed by atoms with Crippen LogP contribution in [0.4, 0.5) is 0 Å². The van der Waals surface area contributed by atoms with E-state index in [0.29, 0.717) is 0 Å². The Hall–Kier alpha value is -5.28. The Labute approximate surface area is 381 Å². The number of para-hydroxylation sites is 2. The third kappa shape index (κ3) is 6.19. The number of aromatic nitrogens is 2. The lowest BCUT2D eigenvalue weighted by molar-refractivity contribution is 1.12. The van der Waals surface area contributed by atoms with E-state index in [1.807, 2.05) is 0 Å². The number of fused-ring (bicyclic) bond motifs is 3. The first-order valence-corrected chi connectivity index (χ1v) is 22.3. The van der Waals surface area contributed by atoms with Crippen LogP contribution < -0.4 is 81.9 Å². The average molecular weight is 776 g/mol. The lowest BCUT2D eigenvalue weighted by Gasteiger charge is -2.25. The van der Waals surface area contributed by atoms with E-state index in [1.165, 1.54) is 143 Å². The van der Waals surface area contributed by atoms with Crippen LogP contribution in [0.2, 0.25) is 0 Å². The zero-order chi connectivity index (χ0) is 44.2. The first-order valence-electron chi connectivity index (χ1n) is 22.3. The molecule has 0 saturated heterocycles. The number of rotatable bonds is 5. The van der Waals surface area contributed by atoms with Gasteiger partial charge in [-0.2, -0.15) is 0 Å². The lowest BCUT2D eigenvalue weighted by atomic mass is 9.59. The predicted octanol–water partition coefficient (Wildman–Crippen LogP) is -14.1. The Balaban J connectivity index is 1.34. The van der Waals surface area contributed by atoms with Gasteiger partial charge in [-0.25, -0.2) is 4.98 Å². The molecule has 1 aromatic heterocycles.